The molecule has 1 saturated heterocycles. The molecule has 2 N–H and O–H groups in total. The Labute approximate surface area is 110 Å². The highest BCUT2D eigenvalue weighted by atomic mass is 32.2. The van der Waals surface area contributed by atoms with E-state index in [9.17, 15) is 4.79 Å². The Morgan fingerprint density at radius 3 is 2.61 bits per heavy atom. The van der Waals surface area contributed by atoms with Gasteiger partial charge in [-0.3, -0.25) is 4.79 Å². The molecule has 6 heteroatoms. The Balaban J connectivity index is 2.01. The van der Waals surface area contributed by atoms with Gasteiger partial charge in [0.2, 0.25) is 0 Å². The van der Waals surface area contributed by atoms with Crippen LogP contribution in [0.25, 0.3) is 0 Å². The van der Waals surface area contributed by atoms with Gasteiger partial charge in [-0.15, -0.1) is 11.8 Å². The van der Waals surface area contributed by atoms with Gasteiger partial charge < -0.3 is 20.1 Å². The van der Waals surface area contributed by atoms with Crippen molar-refractivity contribution < 1.29 is 14.3 Å². The predicted octanol–water partition coefficient (Wildman–Crippen LogP) is 1.03. The van der Waals surface area contributed by atoms with Gasteiger partial charge in [0, 0.05) is 12.8 Å². The van der Waals surface area contributed by atoms with Crippen molar-refractivity contribution >= 4 is 23.4 Å². The van der Waals surface area contributed by atoms with Crippen LogP contribution in [0.1, 0.15) is 0 Å². The van der Waals surface area contributed by atoms with E-state index in [4.69, 9.17) is 15.2 Å². The van der Waals surface area contributed by atoms with Crippen molar-refractivity contribution in [3.63, 3.8) is 0 Å². The Kier molecular flexibility index (Phi) is 3.79. The number of benzene rings is 1. The number of hydrogen-bond donors (Lipinski definition) is 1. The van der Waals surface area contributed by atoms with Gasteiger partial charge in [-0.1, -0.05) is 0 Å². The molecule has 0 aliphatic carbocycles. The number of ether oxygens (including phenoxy) is 2. The molecular formula is C12H16N2O3S. The number of anilines is 1. The van der Waals surface area contributed by atoms with Gasteiger partial charge in [0.15, 0.2) is 11.7 Å². The van der Waals surface area contributed by atoms with Crippen molar-refractivity contribution in [2.75, 3.05) is 31.6 Å². The maximum atomic E-state index is 11.9. The third-order valence-electron chi connectivity index (χ3n) is 2.86. The SMILES string of the molecule is COCOc1ccc(N2CC(N)(SC)C2=O)cc1. The van der Waals surface area contributed by atoms with Gasteiger partial charge in [-0.05, 0) is 30.5 Å². The average molecular weight is 268 g/mol. The maximum absolute atomic E-state index is 11.9. The highest BCUT2D eigenvalue weighted by Gasteiger charge is 2.49. The molecule has 0 saturated carbocycles. The van der Waals surface area contributed by atoms with Crippen LogP contribution in [0.15, 0.2) is 24.3 Å². The fourth-order valence-electron chi connectivity index (χ4n) is 1.72. The lowest BCUT2D eigenvalue weighted by Crippen LogP contribution is -2.70. The van der Waals surface area contributed by atoms with E-state index in [-0.39, 0.29) is 12.7 Å². The highest BCUT2D eigenvalue weighted by molar-refractivity contribution is 8.00. The van der Waals surface area contributed by atoms with Crippen LogP contribution in [0.5, 0.6) is 5.75 Å². The van der Waals surface area contributed by atoms with Gasteiger partial charge in [-0.2, -0.15) is 0 Å². The van der Waals surface area contributed by atoms with Crippen LogP contribution in [-0.2, 0) is 9.53 Å². The van der Waals surface area contributed by atoms with Gasteiger partial charge in [0.1, 0.15) is 5.75 Å². The van der Waals surface area contributed by atoms with Crippen molar-refractivity contribution in [1.29, 1.82) is 0 Å². The first-order valence-electron chi connectivity index (χ1n) is 5.48. The molecule has 1 fully saturated rings. The van der Waals surface area contributed by atoms with E-state index in [1.165, 1.54) is 11.8 Å². The monoisotopic (exact) mass is 268 g/mol. The molecule has 1 atom stereocenters. The molecule has 1 aromatic rings. The summed E-state index contributed by atoms with van der Waals surface area (Å²) in [6.07, 6.45) is 1.84. The molecule has 98 valence electrons. The second-order valence-corrected chi connectivity index (χ2v) is 5.17. The number of hydrogen-bond acceptors (Lipinski definition) is 5. The molecule has 0 aromatic heterocycles. The summed E-state index contributed by atoms with van der Waals surface area (Å²) < 4.78 is 10.1. The number of nitrogens with zero attached hydrogens (tertiary/aromatic N) is 1. The van der Waals surface area contributed by atoms with Crippen LogP contribution < -0.4 is 15.4 Å². The molecule has 1 aromatic carbocycles. The molecule has 1 aliphatic rings. The molecule has 5 nitrogen and oxygen atoms in total. The van der Waals surface area contributed by atoms with Crippen LogP contribution in [0.3, 0.4) is 0 Å². The van der Waals surface area contributed by atoms with Gasteiger partial charge in [0.25, 0.3) is 5.91 Å². The summed E-state index contributed by atoms with van der Waals surface area (Å²) in [6.45, 7) is 0.742. The summed E-state index contributed by atoms with van der Waals surface area (Å²) in [6, 6.07) is 7.28. The van der Waals surface area contributed by atoms with Crippen molar-refractivity contribution in [1.82, 2.24) is 0 Å². The van der Waals surface area contributed by atoms with Crippen molar-refractivity contribution in [3.05, 3.63) is 24.3 Å². The first-order valence-corrected chi connectivity index (χ1v) is 6.71. The average Bonchev–Trinajstić information content (AvgIpc) is 2.42. The number of β-lactam (4-membered cyclic amide) rings is 1. The van der Waals surface area contributed by atoms with Crippen LogP contribution in [-0.4, -0.2) is 37.5 Å². The number of thioether (sulfide) groups is 1. The van der Waals surface area contributed by atoms with E-state index in [1.54, 1.807) is 24.1 Å². The van der Waals surface area contributed by atoms with Crippen LogP contribution in [0.4, 0.5) is 5.69 Å². The number of carbonyl (C=O) groups excluding carboxylic acids is 1. The number of nitrogens with two attached hydrogens (primary N) is 1. The minimum Gasteiger partial charge on any atom is -0.468 e. The quantitative estimate of drug-likeness (QED) is 0.638. The molecule has 1 amide bonds. The second kappa shape index (κ2) is 5.17. The van der Waals surface area contributed by atoms with E-state index in [1.807, 2.05) is 18.4 Å². The zero-order chi connectivity index (χ0) is 13.2. The lowest BCUT2D eigenvalue weighted by atomic mass is 10.1. The lowest BCUT2D eigenvalue weighted by Gasteiger charge is -2.45. The minimum absolute atomic E-state index is 0.0550. The Morgan fingerprint density at radius 1 is 1.44 bits per heavy atom. The van der Waals surface area contributed by atoms with Crippen molar-refractivity contribution in [2.24, 2.45) is 5.73 Å². The Morgan fingerprint density at radius 2 is 2.11 bits per heavy atom. The normalized spacial score (nSPS) is 22.8. The molecule has 1 unspecified atom stereocenters. The highest BCUT2D eigenvalue weighted by Crippen LogP contribution is 2.34. The van der Waals surface area contributed by atoms with Crippen LogP contribution in [0.2, 0.25) is 0 Å². The molecule has 2 rings (SSSR count). The van der Waals surface area contributed by atoms with Crippen molar-refractivity contribution in [3.8, 4) is 5.75 Å². The Bertz CT molecular complexity index is 437. The van der Waals surface area contributed by atoms with E-state index in [2.05, 4.69) is 0 Å². The van der Waals surface area contributed by atoms with E-state index >= 15 is 0 Å². The first-order chi connectivity index (χ1) is 8.60. The summed E-state index contributed by atoms with van der Waals surface area (Å²) in [7, 11) is 1.57. The third kappa shape index (κ3) is 2.31. The van der Waals surface area contributed by atoms with Crippen LogP contribution in [0, 0.1) is 0 Å². The maximum Gasteiger partial charge on any atom is 0.259 e. The standard InChI is InChI=1S/C12H16N2O3S/c1-16-8-17-10-5-3-9(4-6-10)14-7-12(13,18-2)11(14)15/h3-6H,7-8,13H2,1-2H3. The van der Waals surface area contributed by atoms with Crippen LogP contribution >= 0.6 is 11.8 Å². The largest absolute Gasteiger partial charge is 0.468 e. The topological polar surface area (TPSA) is 64.8 Å². The lowest BCUT2D eigenvalue weighted by molar-refractivity contribution is -0.125. The van der Waals surface area contributed by atoms with E-state index in [0.717, 1.165) is 5.69 Å². The molecule has 0 bridgehead atoms. The first kappa shape index (κ1) is 13.2. The molecule has 0 radical (unpaired) electrons. The zero-order valence-corrected chi connectivity index (χ0v) is 11.2. The number of rotatable bonds is 5. The molecule has 0 spiro atoms. The minimum atomic E-state index is -0.759. The smallest absolute Gasteiger partial charge is 0.259 e. The van der Waals surface area contributed by atoms with Gasteiger partial charge in [0.05, 0.1) is 6.54 Å². The fourth-order valence-corrected chi connectivity index (χ4v) is 2.26. The molecule has 1 aliphatic heterocycles. The van der Waals surface area contributed by atoms with Gasteiger partial charge >= 0.3 is 0 Å². The zero-order valence-electron chi connectivity index (χ0n) is 10.4. The summed E-state index contributed by atoms with van der Waals surface area (Å²) in [4.78, 5) is 12.8. The van der Waals surface area contributed by atoms with E-state index in [0.29, 0.717) is 12.3 Å². The summed E-state index contributed by atoms with van der Waals surface area (Å²) in [5.74, 6) is 0.651. The summed E-state index contributed by atoms with van der Waals surface area (Å²) in [5, 5.41) is 0. The molecule has 18 heavy (non-hydrogen) atoms. The summed E-state index contributed by atoms with van der Waals surface area (Å²) in [5.41, 5.74) is 6.73. The van der Waals surface area contributed by atoms with Crippen molar-refractivity contribution in [2.45, 2.75) is 4.87 Å². The van der Waals surface area contributed by atoms with Gasteiger partial charge in [-0.25, -0.2) is 0 Å². The number of amides is 1. The molecular weight excluding hydrogens is 252 g/mol. The molecule has 1 heterocycles. The van der Waals surface area contributed by atoms with E-state index < -0.39 is 4.87 Å². The number of methoxy groups -OCH3 is 1. The summed E-state index contributed by atoms with van der Waals surface area (Å²) >= 11 is 1.38. The fraction of sp³-hybridized carbons (Fsp3) is 0.417. The Hall–Kier alpha value is -1.24. The third-order valence-corrected chi connectivity index (χ3v) is 3.89. The predicted molar refractivity (Wildman–Crippen MR) is 71.7 cm³/mol. The number of carbonyl (C=O) groups is 1. The second-order valence-electron chi connectivity index (χ2n) is 4.03.